The summed E-state index contributed by atoms with van der Waals surface area (Å²) in [5.41, 5.74) is 1.10. The van der Waals surface area contributed by atoms with Crippen molar-refractivity contribution in [1.29, 1.82) is 0 Å². The minimum Gasteiger partial charge on any atom is -0.375 e. The van der Waals surface area contributed by atoms with Crippen molar-refractivity contribution in [3.63, 3.8) is 0 Å². The third-order valence-electron chi connectivity index (χ3n) is 5.83. The first-order valence-electron chi connectivity index (χ1n) is 10.5. The lowest BCUT2D eigenvalue weighted by atomic mass is 9.93. The lowest BCUT2D eigenvalue weighted by molar-refractivity contribution is 0.0703. The van der Waals surface area contributed by atoms with Crippen LogP contribution in [0.1, 0.15) is 38.8 Å². The highest BCUT2D eigenvalue weighted by molar-refractivity contribution is 6.13. The first-order chi connectivity index (χ1) is 16.3. The highest BCUT2D eigenvalue weighted by Gasteiger charge is 2.50. The maximum Gasteiger partial charge on any atom is 0.414 e. The average Bonchev–Trinajstić information content (AvgIpc) is 3.35. The molecule has 170 valence electrons. The summed E-state index contributed by atoms with van der Waals surface area (Å²) in [5, 5.41) is 14.5. The Labute approximate surface area is 194 Å². The van der Waals surface area contributed by atoms with E-state index in [4.69, 9.17) is 4.74 Å². The monoisotopic (exact) mass is 456 g/mol. The lowest BCUT2D eigenvalue weighted by Crippen LogP contribution is -2.45. The van der Waals surface area contributed by atoms with Gasteiger partial charge in [-0.1, -0.05) is 36.4 Å². The van der Waals surface area contributed by atoms with Gasteiger partial charge in [0.15, 0.2) is 11.5 Å². The van der Waals surface area contributed by atoms with Crippen molar-refractivity contribution in [3.8, 4) is 6.01 Å². The molecular formula is C25H20N4O5. The van der Waals surface area contributed by atoms with Gasteiger partial charge >= 0.3 is 12.1 Å². The second-order valence-electron chi connectivity index (χ2n) is 7.88. The van der Waals surface area contributed by atoms with Gasteiger partial charge in [0.25, 0.3) is 5.91 Å². The Bertz CT molecular complexity index is 1480. The number of benzene rings is 3. The summed E-state index contributed by atoms with van der Waals surface area (Å²) in [6.45, 7) is 1.44. The number of ketones is 1. The topological polar surface area (TPSA) is 125 Å². The molecule has 5 rings (SSSR count). The Hall–Kier alpha value is -4.50. The fourth-order valence-electron chi connectivity index (χ4n) is 4.20. The highest BCUT2D eigenvalue weighted by atomic mass is 16.6. The molecule has 9 nitrogen and oxygen atoms in total. The molecule has 9 heteroatoms. The van der Waals surface area contributed by atoms with Crippen LogP contribution in [0.4, 0.5) is 10.5 Å². The van der Waals surface area contributed by atoms with Gasteiger partial charge in [-0.25, -0.2) is 4.79 Å². The van der Waals surface area contributed by atoms with Crippen molar-refractivity contribution in [2.75, 3.05) is 11.9 Å². The van der Waals surface area contributed by atoms with Gasteiger partial charge in [0.1, 0.15) is 0 Å². The van der Waals surface area contributed by atoms with Gasteiger partial charge in [0, 0.05) is 35.0 Å². The number of imidazole rings is 1. The minimum absolute atomic E-state index is 0.00703. The Balaban J connectivity index is 1.68. The van der Waals surface area contributed by atoms with Crippen LogP contribution in [0.15, 0.2) is 66.7 Å². The number of aromatic nitrogens is 2. The van der Waals surface area contributed by atoms with E-state index in [1.54, 1.807) is 66.7 Å². The van der Waals surface area contributed by atoms with Crippen LogP contribution in [-0.2, 0) is 5.72 Å². The molecule has 0 spiro atoms. The molecule has 0 fully saturated rings. The molecule has 0 bridgehead atoms. The van der Waals surface area contributed by atoms with E-state index in [1.807, 2.05) is 0 Å². The number of nitrogens with one attached hydrogen (secondary N) is 2. The summed E-state index contributed by atoms with van der Waals surface area (Å²) in [6, 6.07) is 18.4. The first-order valence-corrected chi connectivity index (χ1v) is 10.5. The second kappa shape index (κ2) is 7.82. The number of ether oxygens (including phenoxy) is 1. The van der Waals surface area contributed by atoms with Crippen LogP contribution < -0.4 is 15.0 Å². The Morgan fingerprint density at radius 3 is 2.65 bits per heavy atom. The number of aromatic amines is 1. The normalized spacial score (nSPS) is 17.0. The van der Waals surface area contributed by atoms with Gasteiger partial charge in [-0.2, -0.15) is 4.98 Å². The number of Topliss-reactive ketones (excluding diaryl/α,β-unsaturated/α-hetero) is 1. The summed E-state index contributed by atoms with van der Waals surface area (Å²) < 4.78 is 5.06. The zero-order valence-corrected chi connectivity index (χ0v) is 18.3. The van der Waals surface area contributed by atoms with Crippen molar-refractivity contribution < 1.29 is 24.2 Å². The summed E-state index contributed by atoms with van der Waals surface area (Å²) in [6.07, 6.45) is -0.676. The molecular weight excluding hydrogens is 436 g/mol. The fourth-order valence-corrected chi connectivity index (χ4v) is 4.20. The number of H-pyrrole nitrogens is 1. The Morgan fingerprint density at radius 1 is 1.09 bits per heavy atom. The fraction of sp³-hybridized carbons (Fsp3) is 0.120. The zero-order chi connectivity index (χ0) is 24.0. The summed E-state index contributed by atoms with van der Waals surface area (Å²) >= 11 is 0. The molecule has 3 aromatic carbocycles. The van der Waals surface area contributed by atoms with Crippen LogP contribution in [0.3, 0.4) is 0 Å². The maximum atomic E-state index is 13.5. The standard InChI is InChI=1S/C25H20N4O5/c1-14(30)15-6-5-7-17(12-15)29-22(31)18-8-3-4-9-19(18)25(29,33)16-10-11-20-21(13-16)28-23(27-20)34-24(32)26-2/h3-13,33H,1-2H3,(H,26,32)(H,27,28). The highest BCUT2D eigenvalue weighted by Crippen LogP contribution is 2.45. The third-order valence-corrected chi connectivity index (χ3v) is 5.83. The number of hydrogen-bond acceptors (Lipinski definition) is 6. The molecule has 0 saturated heterocycles. The number of nitrogens with zero attached hydrogens (tertiary/aromatic N) is 2. The maximum absolute atomic E-state index is 13.5. The van der Waals surface area contributed by atoms with E-state index in [1.165, 1.54) is 18.9 Å². The molecule has 3 N–H and O–H groups in total. The number of rotatable bonds is 4. The first kappa shape index (κ1) is 21.4. The van der Waals surface area contributed by atoms with Gasteiger partial charge in [-0.05, 0) is 37.3 Å². The zero-order valence-electron chi connectivity index (χ0n) is 18.3. The molecule has 1 aliphatic rings. The van der Waals surface area contributed by atoms with E-state index < -0.39 is 17.7 Å². The molecule has 4 aromatic rings. The van der Waals surface area contributed by atoms with Gasteiger partial charge in [-0.3, -0.25) is 14.5 Å². The lowest BCUT2D eigenvalue weighted by Gasteiger charge is -2.35. The number of hydrogen-bond donors (Lipinski definition) is 3. The van der Waals surface area contributed by atoms with Crippen LogP contribution in [0.25, 0.3) is 11.0 Å². The van der Waals surface area contributed by atoms with E-state index in [0.29, 0.717) is 39.0 Å². The molecule has 0 aliphatic carbocycles. The number of amides is 2. The van der Waals surface area contributed by atoms with E-state index in [-0.39, 0.29) is 11.8 Å². The Morgan fingerprint density at radius 2 is 1.88 bits per heavy atom. The van der Waals surface area contributed by atoms with E-state index in [2.05, 4.69) is 15.3 Å². The molecule has 2 heterocycles. The quantitative estimate of drug-likeness (QED) is 0.405. The third kappa shape index (κ3) is 3.22. The predicted octanol–water partition coefficient (Wildman–Crippen LogP) is 3.34. The minimum atomic E-state index is -1.86. The van der Waals surface area contributed by atoms with Crippen LogP contribution in [0, 0.1) is 0 Å². The van der Waals surface area contributed by atoms with Crippen LogP contribution >= 0.6 is 0 Å². The molecule has 0 radical (unpaired) electrons. The molecule has 1 atom stereocenters. The van der Waals surface area contributed by atoms with E-state index in [0.717, 1.165) is 0 Å². The largest absolute Gasteiger partial charge is 0.414 e. The van der Waals surface area contributed by atoms with Gasteiger partial charge < -0.3 is 20.1 Å². The summed E-state index contributed by atoms with van der Waals surface area (Å²) in [4.78, 5) is 45.4. The molecule has 0 saturated carbocycles. The average molecular weight is 456 g/mol. The van der Waals surface area contributed by atoms with Gasteiger partial charge in [0.2, 0.25) is 0 Å². The summed E-state index contributed by atoms with van der Waals surface area (Å²) in [7, 11) is 1.43. The molecule has 34 heavy (non-hydrogen) atoms. The van der Waals surface area contributed by atoms with Gasteiger partial charge in [-0.15, -0.1) is 0 Å². The summed E-state index contributed by atoms with van der Waals surface area (Å²) in [5.74, 6) is -0.552. The van der Waals surface area contributed by atoms with E-state index in [9.17, 15) is 19.5 Å². The molecule has 1 unspecified atom stereocenters. The van der Waals surface area contributed by atoms with Crippen molar-refractivity contribution in [3.05, 3.63) is 89.0 Å². The van der Waals surface area contributed by atoms with Crippen molar-refractivity contribution >= 4 is 34.5 Å². The predicted molar refractivity (Wildman–Crippen MR) is 124 cm³/mol. The van der Waals surface area contributed by atoms with Gasteiger partial charge in [0.05, 0.1) is 11.0 Å². The van der Waals surface area contributed by atoms with Crippen LogP contribution in [0.5, 0.6) is 6.01 Å². The molecule has 1 aliphatic heterocycles. The second-order valence-corrected chi connectivity index (χ2v) is 7.88. The van der Waals surface area contributed by atoms with Crippen LogP contribution in [0.2, 0.25) is 0 Å². The molecule has 2 amide bonds. The number of aliphatic hydroxyl groups is 1. The number of carbonyl (C=O) groups excluding carboxylic acids is 3. The number of fused-ring (bicyclic) bond motifs is 2. The SMILES string of the molecule is CNC(=O)Oc1nc2ccc(C3(O)c4ccccc4C(=O)N3c3cccc(C(C)=O)c3)cc2[nH]1. The number of carbonyl (C=O) groups is 3. The van der Waals surface area contributed by atoms with Crippen molar-refractivity contribution in [2.24, 2.45) is 0 Å². The Kier molecular flexibility index (Phi) is 4.91. The van der Waals surface area contributed by atoms with E-state index >= 15 is 0 Å². The number of anilines is 1. The molecule has 1 aromatic heterocycles. The van der Waals surface area contributed by atoms with Crippen molar-refractivity contribution in [2.45, 2.75) is 12.6 Å². The van der Waals surface area contributed by atoms with Crippen molar-refractivity contribution in [1.82, 2.24) is 15.3 Å². The van der Waals surface area contributed by atoms with Crippen LogP contribution in [-0.4, -0.2) is 39.9 Å². The smallest absolute Gasteiger partial charge is 0.375 e.